The van der Waals surface area contributed by atoms with Crippen LogP contribution in [-0.2, 0) is 4.79 Å². The zero-order chi connectivity index (χ0) is 19.1. The van der Waals surface area contributed by atoms with Crippen LogP contribution >= 0.6 is 11.6 Å². The molecule has 0 fully saturated rings. The average molecular weight is 370 g/mol. The number of hydrogen-bond donors (Lipinski definition) is 2. The summed E-state index contributed by atoms with van der Waals surface area (Å²) in [5.41, 5.74) is 2.39. The molecule has 0 heterocycles. The van der Waals surface area contributed by atoms with Crippen LogP contribution in [0.1, 0.15) is 25.3 Å². The van der Waals surface area contributed by atoms with Gasteiger partial charge in [0, 0.05) is 17.6 Å². The molecule has 134 valence electrons. The van der Waals surface area contributed by atoms with E-state index in [2.05, 4.69) is 24.5 Å². The normalized spacial score (nSPS) is 11.0. The van der Waals surface area contributed by atoms with Gasteiger partial charge in [-0.1, -0.05) is 43.6 Å². The minimum Gasteiger partial charge on any atom is -0.495 e. The van der Waals surface area contributed by atoms with E-state index in [-0.39, 0.29) is 5.57 Å². The van der Waals surface area contributed by atoms with E-state index in [1.807, 2.05) is 30.3 Å². The number of rotatable bonds is 6. The molecule has 0 radical (unpaired) electrons. The Balaban J connectivity index is 2.15. The average Bonchev–Trinajstić information content (AvgIpc) is 2.62. The molecular formula is C20H20ClN3O2. The van der Waals surface area contributed by atoms with Gasteiger partial charge in [-0.05, 0) is 35.7 Å². The Morgan fingerprint density at radius 2 is 2.00 bits per heavy atom. The van der Waals surface area contributed by atoms with Gasteiger partial charge >= 0.3 is 0 Å². The summed E-state index contributed by atoms with van der Waals surface area (Å²) in [5.74, 6) is 0.295. The van der Waals surface area contributed by atoms with Gasteiger partial charge in [-0.15, -0.1) is 0 Å². The summed E-state index contributed by atoms with van der Waals surface area (Å²) >= 11 is 6.05. The van der Waals surface area contributed by atoms with Crippen molar-refractivity contribution in [3.8, 4) is 11.8 Å². The van der Waals surface area contributed by atoms with Crippen molar-refractivity contribution in [2.45, 2.75) is 19.8 Å². The van der Waals surface area contributed by atoms with Gasteiger partial charge in [0.2, 0.25) is 0 Å². The number of methoxy groups -OCH3 is 1. The second-order valence-corrected chi connectivity index (χ2v) is 6.27. The summed E-state index contributed by atoms with van der Waals surface area (Å²) in [6, 6.07) is 14.5. The molecule has 0 bridgehead atoms. The van der Waals surface area contributed by atoms with Gasteiger partial charge in [0.25, 0.3) is 5.91 Å². The topological polar surface area (TPSA) is 74.1 Å². The third kappa shape index (κ3) is 4.78. The summed E-state index contributed by atoms with van der Waals surface area (Å²) in [6.07, 6.45) is 1.40. The van der Waals surface area contributed by atoms with Crippen LogP contribution in [-0.4, -0.2) is 13.0 Å². The van der Waals surface area contributed by atoms with E-state index in [4.69, 9.17) is 16.3 Å². The lowest BCUT2D eigenvalue weighted by molar-refractivity contribution is -0.112. The zero-order valence-electron chi connectivity index (χ0n) is 14.8. The molecule has 0 spiro atoms. The Morgan fingerprint density at radius 3 is 2.62 bits per heavy atom. The SMILES string of the molecule is COc1ccc(NC(=O)/C(C#N)=C\Nc2ccccc2C(C)C)cc1Cl. The molecule has 6 heteroatoms. The third-order valence-electron chi connectivity index (χ3n) is 3.73. The first-order valence-corrected chi connectivity index (χ1v) is 8.44. The smallest absolute Gasteiger partial charge is 0.267 e. The first kappa shape index (κ1) is 19.4. The van der Waals surface area contributed by atoms with Crippen molar-refractivity contribution in [1.29, 1.82) is 5.26 Å². The van der Waals surface area contributed by atoms with Crippen LogP contribution in [0.4, 0.5) is 11.4 Å². The maximum atomic E-state index is 12.3. The first-order valence-electron chi connectivity index (χ1n) is 8.07. The number of hydrogen-bond acceptors (Lipinski definition) is 4. The number of anilines is 2. The maximum Gasteiger partial charge on any atom is 0.267 e. The van der Waals surface area contributed by atoms with Crippen molar-refractivity contribution < 1.29 is 9.53 Å². The molecule has 0 saturated carbocycles. The molecule has 0 aliphatic rings. The monoisotopic (exact) mass is 369 g/mol. The lowest BCUT2D eigenvalue weighted by Crippen LogP contribution is -2.14. The fourth-order valence-electron chi connectivity index (χ4n) is 2.37. The summed E-state index contributed by atoms with van der Waals surface area (Å²) in [4.78, 5) is 12.3. The van der Waals surface area contributed by atoms with E-state index in [0.29, 0.717) is 22.4 Å². The Hall–Kier alpha value is -2.97. The summed E-state index contributed by atoms with van der Waals surface area (Å²) in [5, 5.41) is 15.4. The van der Waals surface area contributed by atoms with Crippen LogP contribution in [0, 0.1) is 11.3 Å². The van der Waals surface area contributed by atoms with Gasteiger partial charge in [0.15, 0.2) is 0 Å². The molecule has 2 aromatic rings. The number of nitriles is 1. The number of para-hydroxylation sites is 1. The van der Waals surface area contributed by atoms with E-state index in [9.17, 15) is 10.1 Å². The fourth-order valence-corrected chi connectivity index (χ4v) is 2.63. The number of nitrogens with zero attached hydrogens (tertiary/aromatic N) is 1. The molecule has 0 aliphatic carbocycles. The van der Waals surface area contributed by atoms with Crippen molar-refractivity contribution in [3.05, 3.63) is 64.8 Å². The lowest BCUT2D eigenvalue weighted by Gasteiger charge is -2.12. The fraction of sp³-hybridized carbons (Fsp3) is 0.200. The second-order valence-electron chi connectivity index (χ2n) is 5.86. The van der Waals surface area contributed by atoms with E-state index >= 15 is 0 Å². The minimum atomic E-state index is -0.525. The number of benzene rings is 2. The molecule has 1 amide bonds. The van der Waals surface area contributed by atoms with Crippen LogP contribution in [0.2, 0.25) is 5.02 Å². The van der Waals surface area contributed by atoms with Gasteiger partial charge in [-0.25, -0.2) is 0 Å². The molecule has 0 saturated heterocycles. The molecule has 0 unspecified atom stereocenters. The Labute approximate surface area is 158 Å². The Morgan fingerprint density at radius 1 is 1.27 bits per heavy atom. The van der Waals surface area contributed by atoms with Gasteiger partial charge in [-0.2, -0.15) is 5.26 Å². The van der Waals surface area contributed by atoms with Crippen molar-refractivity contribution in [2.24, 2.45) is 0 Å². The van der Waals surface area contributed by atoms with Gasteiger partial charge in [0.05, 0.1) is 12.1 Å². The van der Waals surface area contributed by atoms with Crippen LogP contribution in [0.5, 0.6) is 5.75 Å². The molecule has 2 rings (SSSR count). The van der Waals surface area contributed by atoms with E-state index in [0.717, 1.165) is 11.3 Å². The van der Waals surface area contributed by atoms with Crippen molar-refractivity contribution in [2.75, 3.05) is 17.7 Å². The molecule has 0 aromatic heterocycles. The quantitative estimate of drug-likeness (QED) is 0.559. The molecule has 2 aromatic carbocycles. The summed E-state index contributed by atoms with van der Waals surface area (Å²) < 4.78 is 5.07. The third-order valence-corrected chi connectivity index (χ3v) is 4.02. The number of carbonyl (C=O) groups is 1. The molecule has 0 aliphatic heterocycles. The number of carbonyl (C=O) groups excluding carboxylic acids is 1. The van der Waals surface area contributed by atoms with Crippen LogP contribution in [0.15, 0.2) is 54.2 Å². The minimum absolute atomic E-state index is 0.0458. The maximum absolute atomic E-state index is 12.3. The second kappa shape index (κ2) is 8.93. The van der Waals surface area contributed by atoms with Gasteiger partial charge in [-0.3, -0.25) is 4.79 Å². The van der Waals surface area contributed by atoms with Gasteiger partial charge in [0.1, 0.15) is 17.4 Å². The first-order chi connectivity index (χ1) is 12.5. The molecular weight excluding hydrogens is 350 g/mol. The van der Waals surface area contributed by atoms with Crippen LogP contribution < -0.4 is 15.4 Å². The lowest BCUT2D eigenvalue weighted by atomic mass is 10.0. The Bertz CT molecular complexity index is 870. The van der Waals surface area contributed by atoms with Crippen molar-refractivity contribution in [1.82, 2.24) is 0 Å². The highest BCUT2D eigenvalue weighted by molar-refractivity contribution is 6.32. The standard InChI is InChI=1S/C20H20ClN3O2/c1-13(2)16-6-4-5-7-18(16)23-12-14(11-22)20(25)24-15-8-9-19(26-3)17(21)10-15/h4-10,12-13,23H,1-3H3,(H,24,25)/b14-12-. The van der Waals surface area contributed by atoms with E-state index in [1.165, 1.54) is 13.3 Å². The molecule has 5 nitrogen and oxygen atoms in total. The molecule has 26 heavy (non-hydrogen) atoms. The Kier molecular flexibility index (Phi) is 6.65. The summed E-state index contributed by atoms with van der Waals surface area (Å²) in [7, 11) is 1.51. The molecule has 2 N–H and O–H groups in total. The largest absolute Gasteiger partial charge is 0.495 e. The number of ether oxygens (including phenoxy) is 1. The van der Waals surface area contributed by atoms with E-state index in [1.54, 1.807) is 18.2 Å². The highest BCUT2D eigenvalue weighted by Gasteiger charge is 2.11. The van der Waals surface area contributed by atoms with Crippen LogP contribution in [0.25, 0.3) is 0 Å². The highest BCUT2D eigenvalue weighted by Crippen LogP contribution is 2.27. The zero-order valence-corrected chi connectivity index (χ0v) is 15.6. The number of nitrogens with one attached hydrogen (secondary N) is 2. The predicted octanol–water partition coefficient (Wildman–Crippen LogP) is 4.93. The van der Waals surface area contributed by atoms with Crippen LogP contribution in [0.3, 0.4) is 0 Å². The van der Waals surface area contributed by atoms with Gasteiger partial charge < -0.3 is 15.4 Å². The van der Waals surface area contributed by atoms with Crippen molar-refractivity contribution >= 4 is 28.9 Å². The highest BCUT2D eigenvalue weighted by atomic mass is 35.5. The number of halogens is 1. The predicted molar refractivity (Wildman–Crippen MR) is 104 cm³/mol. The van der Waals surface area contributed by atoms with E-state index < -0.39 is 5.91 Å². The number of amides is 1. The summed E-state index contributed by atoms with van der Waals surface area (Å²) in [6.45, 7) is 4.16. The van der Waals surface area contributed by atoms with Crippen molar-refractivity contribution in [3.63, 3.8) is 0 Å². The molecule has 0 atom stereocenters.